The molecule has 18 heavy (non-hydrogen) atoms. The van der Waals surface area contributed by atoms with Gasteiger partial charge in [-0.25, -0.2) is 14.1 Å². The molecule has 2 rings (SSSR count). The molecule has 0 radical (unpaired) electrons. The topological polar surface area (TPSA) is 44.8 Å². The maximum Gasteiger partial charge on any atom is 0.334 e. The summed E-state index contributed by atoms with van der Waals surface area (Å²) in [7, 11) is 1.37. The molecule has 1 aromatic carbocycles. The van der Waals surface area contributed by atoms with Gasteiger partial charge >= 0.3 is 5.97 Å². The second-order valence-corrected chi connectivity index (χ2v) is 4.41. The van der Waals surface area contributed by atoms with Crippen molar-refractivity contribution in [3.05, 3.63) is 35.2 Å². The van der Waals surface area contributed by atoms with Crippen LogP contribution in [0.4, 0.5) is 4.39 Å². The zero-order chi connectivity index (χ0) is 13.1. The first-order valence-electron chi connectivity index (χ1n) is 5.17. The van der Waals surface area contributed by atoms with Crippen LogP contribution in [0.25, 0.3) is 5.57 Å². The van der Waals surface area contributed by atoms with E-state index in [9.17, 15) is 9.18 Å². The van der Waals surface area contributed by atoms with E-state index in [0.29, 0.717) is 21.6 Å². The standard InChI is InChI=1S/C12H11FO4S/c1-7-10(6-16-12(7)14)9-4-3-8(5-11(9)13)18-17-15-2/h3-5H,6H2,1-2H3. The smallest absolute Gasteiger partial charge is 0.334 e. The van der Waals surface area contributed by atoms with Crippen LogP contribution in [0.15, 0.2) is 28.7 Å². The van der Waals surface area contributed by atoms with Crippen molar-refractivity contribution in [1.82, 2.24) is 0 Å². The van der Waals surface area contributed by atoms with E-state index in [1.165, 1.54) is 13.2 Å². The Bertz CT molecular complexity index is 513. The van der Waals surface area contributed by atoms with Crippen LogP contribution in [0.1, 0.15) is 12.5 Å². The van der Waals surface area contributed by atoms with Gasteiger partial charge in [0.15, 0.2) is 0 Å². The third-order valence-electron chi connectivity index (χ3n) is 2.57. The third-order valence-corrected chi connectivity index (χ3v) is 3.22. The van der Waals surface area contributed by atoms with Crippen LogP contribution in [0.3, 0.4) is 0 Å². The Labute approximate surface area is 108 Å². The Kier molecular flexibility index (Phi) is 4.00. The number of carbonyl (C=O) groups excluding carboxylic acids is 1. The predicted octanol–water partition coefficient (Wildman–Crippen LogP) is 2.74. The van der Waals surface area contributed by atoms with Crippen molar-refractivity contribution in [2.24, 2.45) is 0 Å². The van der Waals surface area contributed by atoms with E-state index in [1.54, 1.807) is 19.1 Å². The molecule has 0 spiro atoms. The van der Waals surface area contributed by atoms with Crippen LogP contribution < -0.4 is 0 Å². The van der Waals surface area contributed by atoms with Crippen LogP contribution in [0.2, 0.25) is 0 Å². The number of benzene rings is 1. The maximum absolute atomic E-state index is 13.9. The fourth-order valence-electron chi connectivity index (χ4n) is 1.62. The minimum atomic E-state index is -0.424. The number of carbonyl (C=O) groups is 1. The lowest BCUT2D eigenvalue weighted by Crippen LogP contribution is -1.94. The molecule has 0 saturated carbocycles. The normalized spacial score (nSPS) is 15.2. The van der Waals surface area contributed by atoms with E-state index in [4.69, 9.17) is 4.74 Å². The van der Waals surface area contributed by atoms with Crippen molar-refractivity contribution in [2.75, 3.05) is 13.7 Å². The van der Waals surface area contributed by atoms with Gasteiger partial charge in [0.05, 0.1) is 19.2 Å². The molecule has 96 valence electrons. The quantitative estimate of drug-likeness (QED) is 0.364. The summed E-state index contributed by atoms with van der Waals surface area (Å²) < 4.78 is 23.4. The first kappa shape index (κ1) is 13.1. The Balaban J connectivity index is 2.28. The lowest BCUT2D eigenvalue weighted by Gasteiger charge is -2.05. The van der Waals surface area contributed by atoms with Gasteiger partial charge in [-0.2, -0.15) is 4.33 Å². The number of cyclic esters (lactones) is 1. The van der Waals surface area contributed by atoms with Crippen LogP contribution in [-0.2, 0) is 18.8 Å². The van der Waals surface area contributed by atoms with Crippen molar-refractivity contribution in [3.63, 3.8) is 0 Å². The van der Waals surface area contributed by atoms with Gasteiger partial charge in [-0.15, -0.1) is 0 Å². The van der Waals surface area contributed by atoms with Crippen LogP contribution in [-0.4, -0.2) is 19.7 Å². The molecule has 6 heteroatoms. The van der Waals surface area contributed by atoms with Gasteiger partial charge in [-0.1, -0.05) is 6.07 Å². The van der Waals surface area contributed by atoms with Gasteiger partial charge in [0.25, 0.3) is 0 Å². The van der Waals surface area contributed by atoms with Crippen LogP contribution >= 0.6 is 12.0 Å². The number of esters is 1. The summed E-state index contributed by atoms with van der Waals surface area (Å²) in [5.74, 6) is -0.821. The van der Waals surface area contributed by atoms with Crippen molar-refractivity contribution >= 4 is 23.6 Å². The van der Waals surface area contributed by atoms with Gasteiger partial charge in [0.1, 0.15) is 12.4 Å². The lowest BCUT2D eigenvalue weighted by molar-refractivity contribution is -0.160. The zero-order valence-electron chi connectivity index (χ0n) is 9.86. The molecular weight excluding hydrogens is 259 g/mol. The summed E-state index contributed by atoms with van der Waals surface area (Å²) >= 11 is 0.911. The molecule has 0 atom stereocenters. The molecule has 0 unspecified atom stereocenters. The third kappa shape index (κ3) is 2.55. The summed E-state index contributed by atoms with van der Waals surface area (Å²) in [6, 6.07) is 4.60. The minimum Gasteiger partial charge on any atom is -0.457 e. The summed E-state index contributed by atoms with van der Waals surface area (Å²) in [4.78, 5) is 16.2. The number of halogens is 1. The SMILES string of the molecule is COOSc1ccc(C2=C(C)C(=O)OC2)c(F)c1. The highest BCUT2D eigenvalue weighted by Gasteiger charge is 2.24. The highest BCUT2D eigenvalue weighted by molar-refractivity contribution is 7.94. The number of rotatable bonds is 4. The first-order chi connectivity index (χ1) is 8.63. The molecule has 0 amide bonds. The highest BCUT2D eigenvalue weighted by Crippen LogP contribution is 2.30. The van der Waals surface area contributed by atoms with E-state index in [2.05, 4.69) is 9.22 Å². The second kappa shape index (κ2) is 5.51. The van der Waals surface area contributed by atoms with Crippen LogP contribution in [0, 0.1) is 5.82 Å². The largest absolute Gasteiger partial charge is 0.457 e. The molecule has 1 aliphatic rings. The molecule has 0 N–H and O–H groups in total. The van der Waals surface area contributed by atoms with Gasteiger partial charge in [-0.05, 0) is 19.1 Å². The van der Waals surface area contributed by atoms with E-state index in [-0.39, 0.29) is 6.61 Å². The first-order valence-corrected chi connectivity index (χ1v) is 5.91. The molecule has 1 heterocycles. The zero-order valence-corrected chi connectivity index (χ0v) is 10.7. The summed E-state index contributed by atoms with van der Waals surface area (Å²) in [6.07, 6.45) is 0. The Hall–Kier alpha value is -1.37. The molecule has 4 nitrogen and oxygen atoms in total. The van der Waals surface area contributed by atoms with E-state index < -0.39 is 11.8 Å². The molecule has 0 bridgehead atoms. The Morgan fingerprint density at radius 1 is 1.44 bits per heavy atom. The van der Waals surface area contributed by atoms with Gasteiger partial charge in [0.2, 0.25) is 0 Å². The second-order valence-electron chi connectivity index (χ2n) is 3.64. The molecule has 1 aromatic rings. The van der Waals surface area contributed by atoms with Crippen molar-refractivity contribution in [2.45, 2.75) is 11.8 Å². The molecule has 0 aromatic heterocycles. The minimum absolute atomic E-state index is 0.114. The number of hydrogen-bond donors (Lipinski definition) is 0. The fourth-order valence-corrected chi connectivity index (χ4v) is 2.04. The maximum atomic E-state index is 13.9. The van der Waals surface area contributed by atoms with Crippen molar-refractivity contribution in [3.8, 4) is 0 Å². The molecule has 0 saturated heterocycles. The summed E-state index contributed by atoms with van der Waals surface area (Å²) in [6.45, 7) is 1.74. The van der Waals surface area contributed by atoms with E-state index in [1.807, 2.05) is 0 Å². The van der Waals surface area contributed by atoms with Crippen molar-refractivity contribution in [1.29, 1.82) is 0 Å². The molecular formula is C12H11FO4S. The van der Waals surface area contributed by atoms with Gasteiger partial charge < -0.3 is 4.74 Å². The molecule has 1 aliphatic heterocycles. The average molecular weight is 270 g/mol. The molecule has 0 aliphatic carbocycles. The number of ether oxygens (including phenoxy) is 1. The monoisotopic (exact) mass is 270 g/mol. The van der Waals surface area contributed by atoms with Gasteiger partial charge in [-0.3, -0.25) is 0 Å². The fraction of sp³-hybridized carbons (Fsp3) is 0.250. The predicted molar refractivity (Wildman–Crippen MR) is 63.9 cm³/mol. The number of hydrogen-bond acceptors (Lipinski definition) is 5. The Morgan fingerprint density at radius 2 is 2.22 bits per heavy atom. The highest BCUT2D eigenvalue weighted by atomic mass is 32.2. The lowest BCUT2D eigenvalue weighted by atomic mass is 10.0. The summed E-state index contributed by atoms with van der Waals surface area (Å²) in [5, 5.41) is 0. The Morgan fingerprint density at radius 3 is 2.78 bits per heavy atom. The van der Waals surface area contributed by atoms with E-state index >= 15 is 0 Å². The van der Waals surface area contributed by atoms with Crippen molar-refractivity contribution < 1.29 is 23.1 Å². The average Bonchev–Trinajstić information content (AvgIpc) is 2.68. The van der Waals surface area contributed by atoms with E-state index in [0.717, 1.165) is 12.0 Å². The van der Waals surface area contributed by atoms with Crippen LogP contribution in [0.5, 0.6) is 0 Å². The summed E-state index contributed by atoms with van der Waals surface area (Å²) in [5.41, 5.74) is 1.41. The van der Waals surface area contributed by atoms with Gasteiger partial charge in [0, 0.05) is 21.6 Å². The molecule has 0 fully saturated rings.